The molecule has 33 heavy (non-hydrogen) atoms. The molecule has 0 saturated carbocycles. The van der Waals surface area contributed by atoms with Gasteiger partial charge in [0.15, 0.2) is 0 Å². The predicted molar refractivity (Wildman–Crippen MR) is 126 cm³/mol. The number of carbonyl (C=O) groups excluding carboxylic acids is 2. The third kappa shape index (κ3) is 5.54. The first-order valence-electron chi connectivity index (χ1n) is 10.4. The zero-order valence-corrected chi connectivity index (χ0v) is 18.8. The van der Waals surface area contributed by atoms with Crippen LogP contribution < -0.4 is 15.5 Å². The lowest BCUT2D eigenvalue weighted by molar-refractivity contribution is -0.129. The second kappa shape index (κ2) is 10.2. The lowest BCUT2D eigenvalue weighted by atomic mass is 10.1. The van der Waals surface area contributed by atoms with Crippen molar-refractivity contribution in [2.24, 2.45) is 0 Å². The van der Waals surface area contributed by atoms with Gasteiger partial charge in [0, 0.05) is 22.2 Å². The first-order valence-corrected chi connectivity index (χ1v) is 11.3. The Bertz CT molecular complexity index is 1260. The van der Waals surface area contributed by atoms with Gasteiger partial charge in [0.25, 0.3) is 5.91 Å². The summed E-state index contributed by atoms with van der Waals surface area (Å²) in [6, 6.07) is 18.1. The maximum absolute atomic E-state index is 12.7. The quantitative estimate of drug-likeness (QED) is 0.264. The molecule has 0 radical (unpaired) electrons. The van der Waals surface area contributed by atoms with E-state index < -0.39 is 11.9 Å². The molecule has 2 aromatic heterocycles. The van der Waals surface area contributed by atoms with Crippen LogP contribution in [0.4, 0.5) is 0 Å². The summed E-state index contributed by atoms with van der Waals surface area (Å²) < 4.78 is 5.96. The van der Waals surface area contributed by atoms with Crippen molar-refractivity contribution < 1.29 is 19.5 Å². The molecule has 0 bridgehead atoms. The molecule has 4 aromatic rings. The van der Waals surface area contributed by atoms with E-state index in [0.717, 1.165) is 27.7 Å². The third-order valence-corrected chi connectivity index (χ3v) is 5.91. The van der Waals surface area contributed by atoms with Gasteiger partial charge in [0.05, 0.1) is 18.0 Å². The molecule has 0 aliphatic carbocycles. The van der Waals surface area contributed by atoms with Gasteiger partial charge in [-0.05, 0) is 65.7 Å². The predicted octanol–water partition coefficient (Wildman–Crippen LogP) is 4.55. The SMILES string of the molecule is Cc1cc(COc2ccc(C(=O)NC(CC(=O)NO)c3ccsc3)cc2)c2ccccc2n1. The van der Waals surface area contributed by atoms with E-state index in [9.17, 15) is 9.59 Å². The highest BCUT2D eigenvalue weighted by atomic mass is 32.1. The van der Waals surface area contributed by atoms with Crippen LogP contribution in [0.3, 0.4) is 0 Å². The average molecular weight is 462 g/mol. The van der Waals surface area contributed by atoms with Gasteiger partial charge < -0.3 is 10.1 Å². The van der Waals surface area contributed by atoms with Gasteiger partial charge >= 0.3 is 0 Å². The Morgan fingerprint density at radius 2 is 1.91 bits per heavy atom. The molecule has 8 heteroatoms. The number of amides is 2. The van der Waals surface area contributed by atoms with Crippen molar-refractivity contribution >= 4 is 34.1 Å². The average Bonchev–Trinajstić information content (AvgIpc) is 3.37. The summed E-state index contributed by atoms with van der Waals surface area (Å²) >= 11 is 1.47. The summed E-state index contributed by atoms with van der Waals surface area (Å²) in [6.07, 6.45) is -0.0700. The molecule has 3 N–H and O–H groups in total. The minimum atomic E-state index is -0.575. The number of ether oxygens (including phenoxy) is 1. The molecule has 4 rings (SSSR count). The molecule has 0 spiro atoms. The van der Waals surface area contributed by atoms with Crippen molar-refractivity contribution in [3.63, 3.8) is 0 Å². The van der Waals surface area contributed by atoms with Gasteiger partial charge in [-0.25, -0.2) is 5.48 Å². The summed E-state index contributed by atoms with van der Waals surface area (Å²) in [5.74, 6) is -0.257. The number of thiophene rings is 1. The van der Waals surface area contributed by atoms with Gasteiger partial charge in [-0.15, -0.1) is 0 Å². The number of hydroxylamine groups is 1. The second-order valence-corrected chi connectivity index (χ2v) is 8.35. The zero-order valence-electron chi connectivity index (χ0n) is 17.9. The Morgan fingerprint density at radius 3 is 2.64 bits per heavy atom. The van der Waals surface area contributed by atoms with Crippen molar-refractivity contribution in [1.29, 1.82) is 0 Å². The molecule has 0 aliphatic heterocycles. The standard InChI is InChI=1S/C25H23N3O4S/c1-16-12-19(21-4-2-3-5-22(21)26-16)14-32-20-8-6-17(7-9-20)25(30)27-23(13-24(29)28-31)18-10-11-33-15-18/h2-12,15,23,31H,13-14H2,1H3,(H,27,30)(H,28,29). The molecule has 1 unspecified atom stereocenters. The van der Waals surface area contributed by atoms with E-state index in [1.54, 1.807) is 29.7 Å². The fraction of sp³-hybridized carbons (Fsp3) is 0.160. The van der Waals surface area contributed by atoms with E-state index in [-0.39, 0.29) is 12.3 Å². The van der Waals surface area contributed by atoms with Gasteiger partial charge in [0.2, 0.25) is 5.91 Å². The minimum Gasteiger partial charge on any atom is -0.489 e. The highest BCUT2D eigenvalue weighted by Gasteiger charge is 2.19. The number of carbonyl (C=O) groups is 2. The molecule has 2 heterocycles. The summed E-state index contributed by atoms with van der Waals surface area (Å²) in [6.45, 7) is 2.34. The number of aryl methyl sites for hydroxylation is 1. The van der Waals surface area contributed by atoms with Gasteiger partial charge in [0.1, 0.15) is 12.4 Å². The smallest absolute Gasteiger partial charge is 0.251 e. The number of hydrogen-bond acceptors (Lipinski definition) is 6. The molecular weight excluding hydrogens is 438 g/mol. The first-order chi connectivity index (χ1) is 16.0. The van der Waals surface area contributed by atoms with Crippen LogP contribution in [0.1, 0.15) is 39.6 Å². The van der Waals surface area contributed by atoms with E-state index in [0.29, 0.717) is 17.9 Å². The van der Waals surface area contributed by atoms with Crippen molar-refractivity contribution in [1.82, 2.24) is 15.8 Å². The van der Waals surface area contributed by atoms with Gasteiger partial charge in [-0.3, -0.25) is 19.8 Å². The van der Waals surface area contributed by atoms with E-state index >= 15 is 0 Å². The number of nitrogens with zero attached hydrogens (tertiary/aromatic N) is 1. The van der Waals surface area contributed by atoms with Crippen molar-refractivity contribution in [2.45, 2.75) is 26.0 Å². The molecule has 0 aliphatic rings. The van der Waals surface area contributed by atoms with E-state index in [2.05, 4.69) is 10.3 Å². The Hall–Kier alpha value is -3.75. The monoisotopic (exact) mass is 461 g/mol. The number of nitrogens with one attached hydrogen (secondary N) is 2. The molecule has 168 valence electrons. The van der Waals surface area contributed by atoms with Gasteiger partial charge in [-0.1, -0.05) is 18.2 Å². The molecule has 1 atom stereocenters. The van der Waals surface area contributed by atoms with Crippen LogP contribution >= 0.6 is 11.3 Å². The highest BCUT2D eigenvalue weighted by molar-refractivity contribution is 7.08. The Labute approximate surface area is 195 Å². The Morgan fingerprint density at radius 1 is 1.12 bits per heavy atom. The van der Waals surface area contributed by atoms with Crippen LogP contribution in [0.15, 0.2) is 71.4 Å². The van der Waals surface area contributed by atoms with Crippen molar-refractivity contribution in [3.8, 4) is 5.75 Å². The van der Waals surface area contributed by atoms with E-state index in [1.165, 1.54) is 11.3 Å². The van der Waals surface area contributed by atoms with Crippen LogP contribution in [-0.2, 0) is 11.4 Å². The van der Waals surface area contributed by atoms with Crippen LogP contribution in [0.5, 0.6) is 5.75 Å². The third-order valence-electron chi connectivity index (χ3n) is 5.21. The molecular formula is C25H23N3O4S. The maximum atomic E-state index is 12.7. The number of benzene rings is 2. The number of fused-ring (bicyclic) bond motifs is 1. The number of para-hydroxylation sites is 1. The second-order valence-electron chi connectivity index (χ2n) is 7.57. The molecule has 0 saturated heterocycles. The Balaban J connectivity index is 1.43. The fourth-order valence-electron chi connectivity index (χ4n) is 3.58. The summed E-state index contributed by atoms with van der Waals surface area (Å²) in [4.78, 5) is 28.9. The molecule has 2 amide bonds. The van der Waals surface area contributed by atoms with E-state index in [1.807, 2.05) is 54.1 Å². The largest absolute Gasteiger partial charge is 0.489 e. The van der Waals surface area contributed by atoms with Crippen LogP contribution in [0.25, 0.3) is 10.9 Å². The van der Waals surface area contributed by atoms with Crippen molar-refractivity contribution in [2.75, 3.05) is 0 Å². The number of hydrogen-bond donors (Lipinski definition) is 3. The van der Waals surface area contributed by atoms with Gasteiger partial charge in [-0.2, -0.15) is 11.3 Å². The Kier molecular flexibility index (Phi) is 6.97. The zero-order chi connectivity index (χ0) is 23.2. The number of aromatic nitrogens is 1. The maximum Gasteiger partial charge on any atom is 0.251 e. The van der Waals surface area contributed by atoms with Crippen LogP contribution in [0, 0.1) is 6.92 Å². The topological polar surface area (TPSA) is 101 Å². The lowest BCUT2D eigenvalue weighted by Gasteiger charge is -2.17. The molecule has 7 nitrogen and oxygen atoms in total. The normalized spacial score (nSPS) is 11.7. The first kappa shape index (κ1) is 22.4. The van der Waals surface area contributed by atoms with Crippen LogP contribution in [-0.4, -0.2) is 22.0 Å². The minimum absolute atomic E-state index is 0.0700. The highest BCUT2D eigenvalue weighted by Crippen LogP contribution is 2.23. The number of pyridine rings is 1. The van der Waals surface area contributed by atoms with Crippen LogP contribution in [0.2, 0.25) is 0 Å². The number of rotatable bonds is 8. The summed E-state index contributed by atoms with van der Waals surface area (Å²) in [5.41, 5.74) is 5.75. The van der Waals surface area contributed by atoms with Crippen molar-refractivity contribution in [3.05, 3.63) is 93.8 Å². The fourth-order valence-corrected chi connectivity index (χ4v) is 4.29. The summed E-state index contributed by atoms with van der Waals surface area (Å²) in [5, 5.41) is 16.5. The lowest BCUT2D eigenvalue weighted by Crippen LogP contribution is -2.32. The summed E-state index contributed by atoms with van der Waals surface area (Å²) in [7, 11) is 0. The molecule has 0 fully saturated rings. The van der Waals surface area contributed by atoms with E-state index in [4.69, 9.17) is 9.94 Å². The molecule has 2 aromatic carbocycles.